The molecule has 1 amide bonds. The molecule has 0 aromatic rings. The summed E-state index contributed by atoms with van der Waals surface area (Å²) in [6.07, 6.45) is 7.69. The molecule has 3 rings (SSSR count). The van der Waals surface area contributed by atoms with Gasteiger partial charge in [-0.2, -0.15) is 5.26 Å². The number of amides is 1. The van der Waals surface area contributed by atoms with Gasteiger partial charge in [0.2, 0.25) is 5.91 Å². The lowest BCUT2D eigenvalue weighted by Crippen LogP contribution is -2.55. The maximum absolute atomic E-state index is 12.6. The number of carbonyl (C=O) groups is 1. The zero-order chi connectivity index (χ0) is 15.6. The van der Waals surface area contributed by atoms with E-state index < -0.39 is 5.54 Å². The first-order valence-corrected chi connectivity index (χ1v) is 8.79. The maximum Gasteiger partial charge on any atom is 0.237 e. The van der Waals surface area contributed by atoms with E-state index in [0.29, 0.717) is 6.54 Å². The van der Waals surface area contributed by atoms with Gasteiger partial charge in [-0.05, 0) is 25.7 Å². The summed E-state index contributed by atoms with van der Waals surface area (Å²) in [6.45, 7) is 4.61. The van der Waals surface area contributed by atoms with Crippen molar-refractivity contribution in [1.82, 2.24) is 14.7 Å². The Hall–Kier alpha value is -1.12. The van der Waals surface area contributed by atoms with Crippen molar-refractivity contribution < 1.29 is 4.79 Å². The summed E-state index contributed by atoms with van der Waals surface area (Å²) >= 11 is 0. The van der Waals surface area contributed by atoms with Crippen LogP contribution in [0.2, 0.25) is 0 Å². The van der Waals surface area contributed by atoms with Crippen LogP contribution >= 0.6 is 0 Å². The monoisotopic (exact) mass is 304 g/mol. The molecule has 0 aromatic carbocycles. The largest absolute Gasteiger partial charge is 0.326 e. The van der Waals surface area contributed by atoms with Crippen molar-refractivity contribution >= 4 is 5.91 Å². The van der Waals surface area contributed by atoms with Crippen molar-refractivity contribution in [2.24, 2.45) is 0 Å². The number of rotatable bonds is 4. The highest BCUT2D eigenvalue weighted by Crippen LogP contribution is 2.32. The molecule has 0 unspecified atom stereocenters. The van der Waals surface area contributed by atoms with Crippen molar-refractivity contribution in [2.45, 2.75) is 56.5 Å². The van der Waals surface area contributed by atoms with Gasteiger partial charge in [0.05, 0.1) is 12.6 Å². The first-order valence-electron chi connectivity index (χ1n) is 8.79. The van der Waals surface area contributed by atoms with Gasteiger partial charge >= 0.3 is 0 Å². The fourth-order valence-electron chi connectivity index (χ4n) is 3.92. The molecular formula is C17H28N4O. The van der Waals surface area contributed by atoms with Gasteiger partial charge in [-0.25, -0.2) is 0 Å². The minimum absolute atomic E-state index is 0.114. The van der Waals surface area contributed by atoms with Crippen molar-refractivity contribution in [1.29, 1.82) is 5.26 Å². The van der Waals surface area contributed by atoms with E-state index in [1.54, 1.807) is 4.90 Å². The van der Waals surface area contributed by atoms with Crippen molar-refractivity contribution in [3.63, 3.8) is 0 Å². The quantitative estimate of drug-likeness (QED) is 0.789. The maximum atomic E-state index is 12.6. The van der Waals surface area contributed by atoms with Crippen LogP contribution in [0.25, 0.3) is 0 Å². The third-order valence-corrected chi connectivity index (χ3v) is 5.73. The van der Waals surface area contributed by atoms with Gasteiger partial charge in [-0.15, -0.1) is 0 Å². The highest BCUT2D eigenvalue weighted by atomic mass is 16.2. The van der Waals surface area contributed by atoms with Crippen molar-refractivity contribution in [3.8, 4) is 6.07 Å². The second-order valence-corrected chi connectivity index (χ2v) is 7.20. The van der Waals surface area contributed by atoms with E-state index in [1.807, 2.05) is 7.05 Å². The van der Waals surface area contributed by atoms with Crippen LogP contribution in [-0.4, -0.2) is 72.0 Å². The van der Waals surface area contributed by atoms with Gasteiger partial charge in [0.15, 0.2) is 0 Å². The molecule has 2 saturated carbocycles. The van der Waals surface area contributed by atoms with Gasteiger partial charge in [0.1, 0.15) is 5.54 Å². The fourth-order valence-corrected chi connectivity index (χ4v) is 3.92. The van der Waals surface area contributed by atoms with E-state index in [9.17, 15) is 10.1 Å². The Morgan fingerprint density at radius 1 is 1.18 bits per heavy atom. The third kappa shape index (κ3) is 3.28. The number of likely N-dealkylation sites (N-methyl/N-ethyl adjacent to an activating group) is 1. The molecule has 5 nitrogen and oxygen atoms in total. The van der Waals surface area contributed by atoms with E-state index in [0.717, 1.165) is 57.9 Å². The highest BCUT2D eigenvalue weighted by molar-refractivity contribution is 5.79. The molecular weight excluding hydrogens is 276 g/mol. The predicted molar refractivity (Wildman–Crippen MR) is 85.2 cm³/mol. The zero-order valence-electron chi connectivity index (χ0n) is 13.8. The molecule has 5 heteroatoms. The number of hydrogen-bond donors (Lipinski definition) is 0. The van der Waals surface area contributed by atoms with E-state index in [2.05, 4.69) is 15.9 Å². The van der Waals surface area contributed by atoms with Crippen LogP contribution in [0.5, 0.6) is 0 Å². The number of nitriles is 1. The third-order valence-electron chi connectivity index (χ3n) is 5.73. The van der Waals surface area contributed by atoms with E-state index in [4.69, 9.17) is 0 Å². The summed E-state index contributed by atoms with van der Waals surface area (Å²) in [5.74, 6) is 0.114. The van der Waals surface area contributed by atoms with Crippen LogP contribution in [0.3, 0.4) is 0 Å². The van der Waals surface area contributed by atoms with Gasteiger partial charge in [0, 0.05) is 39.3 Å². The lowest BCUT2D eigenvalue weighted by Gasteiger charge is -2.41. The van der Waals surface area contributed by atoms with Crippen LogP contribution in [-0.2, 0) is 4.79 Å². The summed E-state index contributed by atoms with van der Waals surface area (Å²) in [6, 6.07) is 3.27. The van der Waals surface area contributed by atoms with Crippen LogP contribution in [0.4, 0.5) is 0 Å². The van der Waals surface area contributed by atoms with Crippen molar-refractivity contribution in [2.75, 3.05) is 39.8 Å². The summed E-state index contributed by atoms with van der Waals surface area (Å²) in [7, 11) is 1.83. The number of hydrogen-bond acceptors (Lipinski definition) is 4. The molecule has 22 heavy (non-hydrogen) atoms. The summed E-state index contributed by atoms with van der Waals surface area (Å²) in [5.41, 5.74) is -0.550. The lowest BCUT2D eigenvalue weighted by molar-refractivity contribution is -0.136. The summed E-state index contributed by atoms with van der Waals surface area (Å²) in [4.78, 5) is 19.2. The number of carbonyl (C=O) groups excluding carboxylic acids is 1. The van der Waals surface area contributed by atoms with Crippen molar-refractivity contribution in [3.05, 3.63) is 0 Å². The van der Waals surface area contributed by atoms with E-state index >= 15 is 0 Å². The Morgan fingerprint density at radius 2 is 1.82 bits per heavy atom. The van der Waals surface area contributed by atoms with Gasteiger partial charge in [-0.1, -0.05) is 19.3 Å². The Morgan fingerprint density at radius 3 is 2.36 bits per heavy atom. The molecule has 122 valence electrons. The molecule has 0 aromatic heterocycles. The standard InChI is InChI=1S/C17H28N4O/c1-19(17(14-18)7-3-2-4-8-17)16(22)13-20-9-11-21(12-10-20)15-5-6-15/h15H,2-13H2,1H3. The van der Waals surface area contributed by atoms with Gasteiger partial charge < -0.3 is 4.90 Å². The lowest BCUT2D eigenvalue weighted by atomic mass is 9.81. The Labute approximate surface area is 133 Å². The minimum atomic E-state index is -0.550. The predicted octanol–water partition coefficient (Wildman–Crippen LogP) is 1.45. The smallest absolute Gasteiger partial charge is 0.237 e. The summed E-state index contributed by atoms with van der Waals surface area (Å²) < 4.78 is 0. The molecule has 1 aliphatic heterocycles. The Bertz CT molecular complexity index is 440. The second-order valence-electron chi connectivity index (χ2n) is 7.20. The molecule has 0 bridgehead atoms. The average molecular weight is 304 g/mol. The molecule has 3 aliphatic rings. The fraction of sp³-hybridized carbons (Fsp3) is 0.882. The number of piperazine rings is 1. The molecule has 2 aliphatic carbocycles. The molecule has 0 N–H and O–H groups in total. The van der Waals surface area contributed by atoms with Gasteiger partial charge in [0.25, 0.3) is 0 Å². The zero-order valence-corrected chi connectivity index (χ0v) is 13.8. The summed E-state index contributed by atoms with van der Waals surface area (Å²) in [5, 5.41) is 9.61. The molecule has 0 atom stereocenters. The van der Waals surface area contributed by atoms with E-state index in [1.165, 1.54) is 19.3 Å². The number of nitrogens with zero attached hydrogens (tertiary/aromatic N) is 4. The SMILES string of the molecule is CN(C(=O)CN1CCN(C2CC2)CC1)C1(C#N)CCCCC1. The van der Waals surface area contributed by atoms with Crippen LogP contribution in [0, 0.1) is 11.3 Å². The van der Waals surface area contributed by atoms with Gasteiger partial charge in [-0.3, -0.25) is 14.6 Å². The average Bonchev–Trinajstić information content (AvgIpc) is 3.40. The minimum Gasteiger partial charge on any atom is -0.326 e. The molecule has 1 heterocycles. The second kappa shape index (κ2) is 6.55. The van der Waals surface area contributed by atoms with Crippen LogP contribution in [0.15, 0.2) is 0 Å². The molecule has 0 spiro atoms. The first-order chi connectivity index (χ1) is 10.6. The topological polar surface area (TPSA) is 50.6 Å². The molecule has 1 saturated heterocycles. The Kier molecular flexibility index (Phi) is 4.70. The molecule has 3 fully saturated rings. The van der Waals surface area contributed by atoms with E-state index in [-0.39, 0.29) is 5.91 Å². The van der Waals surface area contributed by atoms with Crippen LogP contribution in [0.1, 0.15) is 44.9 Å². The van der Waals surface area contributed by atoms with Crippen LogP contribution < -0.4 is 0 Å². The Balaban J connectivity index is 1.51. The molecule has 0 radical (unpaired) electrons. The highest BCUT2D eigenvalue weighted by Gasteiger charge is 2.39. The normalized spacial score (nSPS) is 26.4. The first kappa shape index (κ1) is 15.8.